The van der Waals surface area contributed by atoms with Gasteiger partial charge in [0.25, 0.3) is 0 Å². The van der Waals surface area contributed by atoms with Crippen LogP contribution in [-0.4, -0.2) is 9.55 Å². The van der Waals surface area contributed by atoms with Gasteiger partial charge in [-0.3, -0.25) is 4.85 Å². The molecule has 6 nitrogen and oxygen atoms in total. The fourth-order valence-corrected chi connectivity index (χ4v) is 5.99. The molecule has 0 fully saturated rings. The van der Waals surface area contributed by atoms with Crippen molar-refractivity contribution in [1.82, 2.24) is 9.55 Å². The molecule has 0 N–H and O–H groups in total. The Morgan fingerprint density at radius 1 is 0.830 bits per heavy atom. The minimum Gasteiger partial charge on any atom is -0.510 e. The van der Waals surface area contributed by atoms with E-state index in [2.05, 4.69) is 46.7 Å². The average molecular weight is 794 g/mol. The van der Waals surface area contributed by atoms with E-state index in [9.17, 15) is 4.39 Å². The van der Waals surface area contributed by atoms with E-state index in [0.717, 1.165) is 45.4 Å². The molecule has 1 aliphatic heterocycles. The van der Waals surface area contributed by atoms with Gasteiger partial charge in [0, 0.05) is 61.3 Å². The number of pyridine rings is 1. The van der Waals surface area contributed by atoms with Crippen LogP contribution >= 0.6 is 0 Å². The zero-order valence-corrected chi connectivity index (χ0v) is 27.4. The second-order valence-electron chi connectivity index (χ2n) is 10.9. The number of benzene rings is 5. The van der Waals surface area contributed by atoms with Gasteiger partial charge in [-0.25, -0.2) is 9.37 Å². The van der Waals surface area contributed by atoms with Crippen LogP contribution in [0.1, 0.15) is 12.5 Å². The van der Waals surface area contributed by atoms with Crippen molar-refractivity contribution in [3.63, 3.8) is 0 Å². The van der Waals surface area contributed by atoms with E-state index >= 15 is 0 Å². The van der Waals surface area contributed by atoms with Gasteiger partial charge in [-0.1, -0.05) is 48.8 Å². The molecule has 3 heterocycles. The summed E-state index contributed by atoms with van der Waals surface area (Å²) in [5, 5.41) is 2.13. The smallest absolute Gasteiger partial charge is 0.135 e. The summed E-state index contributed by atoms with van der Waals surface area (Å²) >= 11 is 0. The maximum Gasteiger partial charge on any atom is 0.135 e. The number of ether oxygens (including phenoxy) is 1. The Hall–Kier alpha value is -5.44. The number of nitrogens with zero attached hydrogens (tertiary/aromatic N) is 5. The van der Waals surface area contributed by atoms with Crippen molar-refractivity contribution in [2.45, 2.75) is 13.3 Å². The van der Waals surface area contributed by atoms with Crippen LogP contribution in [0.25, 0.3) is 32.5 Å². The number of aromatic nitrogens is 2. The molecular formula is C39H25FN5OPt-3. The van der Waals surface area contributed by atoms with Gasteiger partial charge in [-0.15, -0.1) is 48.1 Å². The molecule has 0 saturated carbocycles. The Labute approximate surface area is 286 Å². The molecule has 1 aliphatic rings. The van der Waals surface area contributed by atoms with Gasteiger partial charge in [-0.2, -0.15) is 6.07 Å². The molecule has 7 aromatic rings. The first kappa shape index (κ1) is 30.2. The Morgan fingerprint density at radius 3 is 2.45 bits per heavy atom. The van der Waals surface area contributed by atoms with Crippen LogP contribution < -0.4 is 14.5 Å². The largest absolute Gasteiger partial charge is 0.510 e. The number of fused-ring (bicyclic) bond motifs is 4. The van der Waals surface area contributed by atoms with Crippen molar-refractivity contribution in [3.05, 3.63) is 157 Å². The molecule has 8 rings (SSSR count). The summed E-state index contributed by atoms with van der Waals surface area (Å²) in [6, 6.07) is 40.8. The summed E-state index contributed by atoms with van der Waals surface area (Å²) in [6.45, 7) is 11.8. The summed E-state index contributed by atoms with van der Waals surface area (Å²) in [5.74, 6) is 1.36. The van der Waals surface area contributed by atoms with E-state index in [1.54, 1.807) is 18.2 Å². The third-order valence-electron chi connectivity index (χ3n) is 8.15. The van der Waals surface area contributed by atoms with Crippen LogP contribution in [-0.2, 0) is 27.5 Å². The number of anilines is 4. The number of halogens is 1. The summed E-state index contributed by atoms with van der Waals surface area (Å²) < 4.78 is 22.7. The molecule has 2 aromatic heterocycles. The third kappa shape index (κ3) is 5.41. The van der Waals surface area contributed by atoms with Crippen molar-refractivity contribution in [2.75, 3.05) is 9.80 Å². The van der Waals surface area contributed by atoms with E-state index in [1.165, 1.54) is 17.7 Å². The van der Waals surface area contributed by atoms with Crippen LogP contribution in [0.15, 0.2) is 115 Å². The fourth-order valence-electron chi connectivity index (χ4n) is 5.99. The van der Waals surface area contributed by atoms with E-state index in [0.29, 0.717) is 28.6 Å². The molecule has 232 valence electrons. The van der Waals surface area contributed by atoms with Crippen LogP contribution in [0, 0.1) is 31.2 Å². The normalized spacial score (nSPS) is 12.2. The van der Waals surface area contributed by atoms with Crippen molar-refractivity contribution >= 4 is 50.2 Å². The van der Waals surface area contributed by atoms with E-state index in [4.69, 9.17) is 16.3 Å². The third-order valence-corrected chi connectivity index (χ3v) is 8.15. The number of rotatable bonds is 6. The molecule has 5 aromatic carbocycles. The maximum atomic E-state index is 14.2. The first-order valence-electron chi connectivity index (χ1n) is 14.9. The fraction of sp³-hybridized carbons (Fsp3) is 0.0513. The first-order valence-corrected chi connectivity index (χ1v) is 14.9. The van der Waals surface area contributed by atoms with Gasteiger partial charge < -0.3 is 19.1 Å². The molecule has 0 atom stereocenters. The molecule has 0 radical (unpaired) electrons. The van der Waals surface area contributed by atoms with Crippen molar-refractivity contribution in [2.24, 2.45) is 0 Å². The average Bonchev–Trinajstić information content (AvgIpc) is 3.64. The molecule has 0 unspecified atom stereocenters. The predicted octanol–water partition coefficient (Wildman–Crippen LogP) is 10.2. The summed E-state index contributed by atoms with van der Waals surface area (Å²) in [5.41, 5.74) is 6.51. The van der Waals surface area contributed by atoms with Gasteiger partial charge in [0.15, 0.2) is 0 Å². The molecular weight excluding hydrogens is 769 g/mol. The Balaban J connectivity index is 0.00000351. The predicted molar refractivity (Wildman–Crippen MR) is 180 cm³/mol. The van der Waals surface area contributed by atoms with Crippen LogP contribution in [0.5, 0.6) is 11.5 Å². The monoisotopic (exact) mass is 793 g/mol. The molecule has 47 heavy (non-hydrogen) atoms. The summed E-state index contributed by atoms with van der Waals surface area (Å²) in [7, 11) is 0. The van der Waals surface area contributed by atoms with E-state index < -0.39 is 0 Å². The van der Waals surface area contributed by atoms with Crippen molar-refractivity contribution < 1.29 is 30.2 Å². The van der Waals surface area contributed by atoms with Gasteiger partial charge in [0.05, 0.1) is 12.3 Å². The van der Waals surface area contributed by atoms with Crippen LogP contribution in [0.3, 0.4) is 0 Å². The standard InChI is InChI=1S/C39H25FN5O.Pt/c1-3-26-17-18-42-39(19-26)45-35-12-5-4-11-33(35)34-16-15-31(24-38(34)45)46-32-22-28(41-2)21-30(23-32)44-25-43(29-10-8-9-27(40)20-29)36-13-6-7-14-37(36)44;/h4-22,25H,3H2,1H3;/q-3;. The van der Waals surface area contributed by atoms with Crippen molar-refractivity contribution in [3.8, 4) is 17.3 Å². The van der Waals surface area contributed by atoms with Crippen molar-refractivity contribution in [1.29, 1.82) is 0 Å². The zero-order chi connectivity index (χ0) is 31.2. The molecule has 0 saturated heterocycles. The minimum atomic E-state index is -0.319. The summed E-state index contributed by atoms with van der Waals surface area (Å²) in [6.07, 6.45) is 2.74. The Bertz CT molecular complexity index is 2330. The Kier molecular flexibility index (Phi) is 7.97. The molecule has 0 aliphatic carbocycles. The number of aryl methyl sites for hydroxylation is 1. The number of hydrogen-bond acceptors (Lipinski definition) is 4. The zero-order valence-electron chi connectivity index (χ0n) is 25.1. The van der Waals surface area contributed by atoms with E-state index in [1.807, 2.05) is 83.3 Å². The van der Waals surface area contributed by atoms with Gasteiger partial charge in [0.1, 0.15) is 11.6 Å². The van der Waals surface area contributed by atoms with Crippen LogP contribution in [0.2, 0.25) is 0 Å². The summed E-state index contributed by atoms with van der Waals surface area (Å²) in [4.78, 5) is 12.3. The molecule has 8 heteroatoms. The number of para-hydroxylation sites is 3. The number of hydrogen-bond donors (Lipinski definition) is 0. The maximum absolute atomic E-state index is 14.2. The topological polar surface area (TPSA) is 37.9 Å². The molecule has 0 bridgehead atoms. The van der Waals surface area contributed by atoms with Gasteiger partial charge in [-0.05, 0) is 65.9 Å². The SMILES string of the molecule is [C-]#[N+]c1cc(Oc2[c-]c3c(cc2)c2ccccc2n3-c2cc(CC)ccn2)[c-]c(N2[CH-]N(c3cccc(F)c3)c3ccccc32)c1.[Pt]. The van der Waals surface area contributed by atoms with E-state index in [-0.39, 0.29) is 26.9 Å². The quantitative estimate of drug-likeness (QED) is 0.157. The van der Waals surface area contributed by atoms with Gasteiger partial charge in [0.2, 0.25) is 0 Å². The minimum absolute atomic E-state index is 0. The van der Waals surface area contributed by atoms with Crippen LogP contribution in [0.4, 0.5) is 32.8 Å². The second-order valence-corrected chi connectivity index (χ2v) is 10.9. The molecule has 0 spiro atoms. The molecule has 0 amide bonds. The second kappa shape index (κ2) is 12.4. The Morgan fingerprint density at radius 2 is 1.64 bits per heavy atom. The van der Waals surface area contributed by atoms with Gasteiger partial charge >= 0.3 is 0 Å². The first-order chi connectivity index (χ1) is 22.6.